The topological polar surface area (TPSA) is 41.6 Å². The molecule has 2 saturated heterocycles. The molecule has 1 atom stereocenters. The van der Waals surface area contributed by atoms with Gasteiger partial charge in [0.05, 0.1) is 0 Å². The molecule has 2 aliphatic heterocycles. The molecule has 4 nitrogen and oxygen atoms in total. The first-order chi connectivity index (χ1) is 8.40. The molecule has 2 heterocycles. The first-order valence-corrected chi connectivity index (χ1v) is 7.09. The Bertz CT molecular complexity index is 298. The summed E-state index contributed by atoms with van der Waals surface area (Å²) in [7, 11) is 0. The third-order valence-corrected chi connectivity index (χ3v) is 3.87. The second kappa shape index (κ2) is 5.08. The summed E-state index contributed by atoms with van der Waals surface area (Å²) in [5.41, 5.74) is -0.0973. The summed E-state index contributed by atoms with van der Waals surface area (Å²) in [5, 5.41) is 3.47. The van der Waals surface area contributed by atoms with E-state index in [2.05, 4.69) is 5.32 Å². The highest BCUT2D eigenvalue weighted by molar-refractivity contribution is 5.68. The van der Waals surface area contributed by atoms with E-state index in [1.807, 2.05) is 25.7 Å². The van der Waals surface area contributed by atoms with Crippen LogP contribution in [0, 0.1) is 5.41 Å². The lowest BCUT2D eigenvalue weighted by molar-refractivity contribution is -0.000318. The molecule has 0 aromatic carbocycles. The molecule has 1 spiro atoms. The molecule has 0 aromatic heterocycles. The minimum atomic E-state index is -0.396. The molecule has 2 aliphatic rings. The molecule has 2 fully saturated rings. The van der Waals surface area contributed by atoms with Gasteiger partial charge >= 0.3 is 6.09 Å². The largest absolute Gasteiger partial charge is 0.444 e. The zero-order valence-electron chi connectivity index (χ0n) is 11.9. The Morgan fingerprint density at radius 3 is 2.61 bits per heavy atom. The van der Waals surface area contributed by atoms with Crippen molar-refractivity contribution in [1.29, 1.82) is 0 Å². The summed E-state index contributed by atoms with van der Waals surface area (Å²) < 4.78 is 5.48. The molecular weight excluding hydrogens is 228 g/mol. The molecule has 0 unspecified atom stereocenters. The number of carbonyl (C=O) groups excluding carboxylic acids is 1. The van der Waals surface area contributed by atoms with Crippen LogP contribution < -0.4 is 5.32 Å². The number of hydrogen-bond acceptors (Lipinski definition) is 3. The fourth-order valence-electron chi connectivity index (χ4n) is 3.07. The minimum absolute atomic E-state index is 0.146. The van der Waals surface area contributed by atoms with Crippen molar-refractivity contribution in [2.24, 2.45) is 5.41 Å². The quantitative estimate of drug-likeness (QED) is 0.721. The van der Waals surface area contributed by atoms with Crippen molar-refractivity contribution in [3.63, 3.8) is 0 Å². The zero-order valence-corrected chi connectivity index (χ0v) is 11.9. The predicted octanol–water partition coefficient (Wildman–Crippen LogP) is 2.39. The SMILES string of the molecule is CC(C)(C)OC(=O)N1CCC[C@]2(CCCNC2)C1. The van der Waals surface area contributed by atoms with Gasteiger partial charge in [0.15, 0.2) is 0 Å². The van der Waals surface area contributed by atoms with Crippen LogP contribution in [0.1, 0.15) is 46.5 Å². The van der Waals surface area contributed by atoms with Crippen LogP contribution in [0.2, 0.25) is 0 Å². The van der Waals surface area contributed by atoms with E-state index < -0.39 is 5.60 Å². The number of nitrogens with one attached hydrogen (secondary N) is 1. The average Bonchev–Trinajstić information content (AvgIpc) is 2.28. The van der Waals surface area contributed by atoms with Gasteiger partial charge in [0, 0.05) is 25.0 Å². The molecule has 1 amide bonds. The fourth-order valence-corrected chi connectivity index (χ4v) is 3.07. The van der Waals surface area contributed by atoms with Crippen LogP contribution >= 0.6 is 0 Å². The number of piperidine rings is 2. The first kappa shape index (κ1) is 13.7. The molecule has 0 aliphatic carbocycles. The Hall–Kier alpha value is -0.770. The van der Waals surface area contributed by atoms with E-state index in [1.54, 1.807) is 0 Å². The number of amides is 1. The van der Waals surface area contributed by atoms with Gasteiger partial charge in [-0.05, 0) is 53.0 Å². The van der Waals surface area contributed by atoms with E-state index in [-0.39, 0.29) is 6.09 Å². The summed E-state index contributed by atoms with van der Waals surface area (Å²) >= 11 is 0. The molecule has 0 saturated carbocycles. The summed E-state index contributed by atoms with van der Waals surface area (Å²) in [6, 6.07) is 0. The van der Waals surface area contributed by atoms with Gasteiger partial charge < -0.3 is 15.0 Å². The van der Waals surface area contributed by atoms with Gasteiger partial charge in [-0.15, -0.1) is 0 Å². The van der Waals surface area contributed by atoms with Crippen molar-refractivity contribution in [2.75, 3.05) is 26.2 Å². The minimum Gasteiger partial charge on any atom is -0.444 e. The van der Waals surface area contributed by atoms with Gasteiger partial charge in [0.25, 0.3) is 0 Å². The summed E-state index contributed by atoms with van der Waals surface area (Å²) in [6.45, 7) is 9.64. The third kappa shape index (κ3) is 3.37. The number of hydrogen-bond donors (Lipinski definition) is 1. The highest BCUT2D eigenvalue weighted by Gasteiger charge is 2.39. The smallest absolute Gasteiger partial charge is 0.410 e. The predicted molar refractivity (Wildman–Crippen MR) is 71.6 cm³/mol. The molecule has 18 heavy (non-hydrogen) atoms. The van der Waals surface area contributed by atoms with Gasteiger partial charge in [-0.2, -0.15) is 0 Å². The average molecular weight is 254 g/mol. The Balaban J connectivity index is 1.95. The highest BCUT2D eigenvalue weighted by atomic mass is 16.6. The van der Waals surface area contributed by atoms with Crippen LogP contribution in [0.15, 0.2) is 0 Å². The molecule has 1 N–H and O–H groups in total. The van der Waals surface area contributed by atoms with Crippen LogP contribution in [0.3, 0.4) is 0 Å². The van der Waals surface area contributed by atoms with Gasteiger partial charge in [-0.1, -0.05) is 0 Å². The van der Waals surface area contributed by atoms with Gasteiger partial charge in [0.1, 0.15) is 5.60 Å². The fraction of sp³-hybridized carbons (Fsp3) is 0.929. The maximum atomic E-state index is 12.1. The monoisotopic (exact) mass is 254 g/mol. The van der Waals surface area contributed by atoms with Crippen molar-refractivity contribution in [3.05, 3.63) is 0 Å². The lowest BCUT2D eigenvalue weighted by Crippen LogP contribution is -2.53. The Morgan fingerprint density at radius 1 is 1.28 bits per heavy atom. The number of carbonyl (C=O) groups is 1. The van der Waals surface area contributed by atoms with Crippen LogP contribution in [0.5, 0.6) is 0 Å². The standard InChI is InChI=1S/C14H26N2O2/c1-13(2,3)18-12(17)16-9-5-7-14(11-16)6-4-8-15-10-14/h15H,4-11H2,1-3H3/t14-/m0/s1. The van der Waals surface area contributed by atoms with E-state index in [9.17, 15) is 4.79 Å². The van der Waals surface area contributed by atoms with Gasteiger partial charge in [0.2, 0.25) is 0 Å². The van der Waals surface area contributed by atoms with Gasteiger partial charge in [-0.3, -0.25) is 0 Å². The summed E-state index contributed by atoms with van der Waals surface area (Å²) in [4.78, 5) is 14.0. The first-order valence-electron chi connectivity index (χ1n) is 7.09. The summed E-state index contributed by atoms with van der Waals surface area (Å²) in [5.74, 6) is 0. The van der Waals surface area contributed by atoms with E-state index in [1.165, 1.54) is 19.3 Å². The maximum Gasteiger partial charge on any atom is 0.410 e. The van der Waals surface area contributed by atoms with Crippen molar-refractivity contribution >= 4 is 6.09 Å². The number of nitrogens with zero attached hydrogens (tertiary/aromatic N) is 1. The van der Waals surface area contributed by atoms with Crippen molar-refractivity contribution in [3.8, 4) is 0 Å². The zero-order chi connectivity index (χ0) is 13.2. The summed E-state index contributed by atoms with van der Waals surface area (Å²) in [6.07, 6.45) is 4.65. The van der Waals surface area contributed by atoms with E-state index in [0.717, 1.165) is 32.6 Å². The Kier molecular flexibility index (Phi) is 3.85. The molecule has 104 valence electrons. The molecule has 2 rings (SSSR count). The number of rotatable bonds is 0. The third-order valence-electron chi connectivity index (χ3n) is 3.87. The van der Waals surface area contributed by atoms with E-state index in [4.69, 9.17) is 4.74 Å². The Morgan fingerprint density at radius 2 is 2.00 bits per heavy atom. The number of likely N-dealkylation sites (tertiary alicyclic amines) is 1. The molecular formula is C14H26N2O2. The van der Waals surface area contributed by atoms with E-state index >= 15 is 0 Å². The lowest BCUT2D eigenvalue weighted by Gasteiger charge is -2.45. The van der Waals surface area contributed by atoms with Crippen molar-refractivity contribution < 1.29 is 9.53 Å². The molecule has 0 aromatic rings. The molecule has 0 radical (unpaired) electrons. The molecule has 0 bridgehead atoms. The molecule has 4 heteroatoms. The van der Waals surface area contributed by atoms with Crippen LogP contribution in [-0.4, -0.2) is 42.8 Å². The van der Waals surface area contributed by atoms with Crippen LogP contribution in [0.4, 0.5) is 4.79 Å². The van der Waals surface area contributed by atoms with Gasteiger partial charge in [-0.25, -0.2) is 4.79 Å². The maximum absolute atomic E-state index is 12.1. The Labute approximate surface area is 110 Å². The van der Waals surface area contributed by atoms with E-state index in [0.29, 0.717) is 5.41 Å². The van der Waals surface area contributed by atoms with Crippen LogP contribution in [-0.2, 0) is 4.74 Å². The second-order valence-corrected chi connectivity index (χ2v) is 6.79. The normalized spacial score (nSPS) is 29.4. The highest BCUT2D eigenvalue weighted by Crippen LogP contribution is 2.36. The van der Waals surface area contributed by atoms with Crippen molar-refractivity contribution in [2.45, 2.75) is 52.1 Å². The van der Waals surface area contributed by atoms with Crippen molar-refractivity contribution in [1.82, 2.24) is 10.2 Å². The lowest BCUT2D eigenvalue weighted by atomic mass is 9.74. The number of ether oxygens (including phenoxy) is 1. The van der Waals surface area contributed by atoms with Crippen LogP contribution in [0.25, 0.3) is 0 Å². The second-order valence-electron chi connectivity index (χ2n) is 6.79.